The first kappa shape index (κ1) is 25.3. The van der Waals surface area contributed by atoms with Gasteiger partial charge in [0.2, 0.25) is 0 Å². The van der Waals surface area contributed by atoms with Gasteiger partial charge in [0.05, 0.1) is 17.6 Å². The number of carbonyl (C=O) groups is 2. The SMILES string of the molecule is COC(=O)NCCCn1c(C(=O)N(C(C)C)[C@@H]2CCCNC2)c(Cl)c2ccccc21.Cl. The second-order valence-corrected chi connectivity index (χ2v) is 8.29. The van der Waals surface area contributed by atoms with Crippen LogP contribution in [0.2, 0.25) is 5.02 Å². The Balaban J connectivity index is 0.00000341. The quantitative estimate of drug-likeness (QED) is 0.598. The molecular weight excluding hydrogens is 439 g/mol. The molecule has 1 aromatic heterocycles. The van der Waals surface area contributed by atoms with Crippen molar-refractivity contribution in [2.75, 3.05) is 26.7 Å². The maximum absolute atomic E-state index is 13.8. The van der Waals surface area contributed by atoms with Crippen molar-refractivity contribution in [1.29, 1.82) is 0 Å². The monoisotopic (exact) mass is 470 g/mol. The summed E-state index contributed by atoms with van der Waals surface area (Å²) in [5, 5.41) is 7.45. The molecule has 9 heteroatoms. The van der Waals surface area contributed by atoms with Gasteiger partial charge in [0.1, 0.15) is 5.69 Å². The fourth-order valence-electron chi connectivity index (χ4n) is 4.22. The summed E-state index contributed by atoms with van der Waals surface area (Å²) in [6, 6.07) is 8.01. The number of nitrogens with zero attached hydrogens (tertiary/aromatic N) is 2. The smallest absolute Gasteiger partial charge is 0.406 e. The van der Waals surface area contributed by atoms with E-state index in [4.69, 9.17) is 11.6 Å². The van der Waals surface area contributed by atoms with Gasteiger partial charge in [0.15, 0.2) is 0 Å². The van der Waals surface area contributed by atoms with Crippen LogP contribution in [-0.2, 0) is 11.3 Å². The van der Waals surface area contributed by atoms with Crippen molar-refractivity contribution in [2.45, 2.75) is 51.7 Å². The largest absolute Gasteiger partial charge is 0.453 e. The summed E-state index contributed by atoms with van der Waals surface area (Å²) in [5.41, 5.74) is 1.45. The molecule has 1 fully saturated rings. The molecule has 2 N–H and O–H groups in total. The van der Waals surface area contributed by atoms with Gasteiger partial charge in [-0.25, -0.2) is 4.79 Å². The summed E-state index contributed by atoms with van der Waals surface area (Å²) in [6.45, 7) is 6.90. The maximum Gasteiger partial charge on any atom is 0.406 e. The standard InChI is InChI=1S/C22H31ClN4O3.ClH/c1-15(2)27(16-8-6-11-24-14-16)21(28)20-19(23)17-9-4-5-10-18(17)26(20)13-7-12-25-22(29)30-3;/h4-5,9-10,15-16,24H,6-8,11-14H2,1-3H3,(H,25,29);1H/t16-;/m1./s1. The minimum absolute atomic E-state index is 0. The Hall–Kier alpha value is -1.96. The van der Waals surface area contributed by atoms with Crippen molar-refractivity contribution >= 4 is 46.9 Å². The summed E-state index contributed by atoms with van der Waals surface area (Å²) < 4.78 is 6.61. The second kappa shape index (κ2) is 11.6. The second-order valence-electron chi connectivity index (χ2n) is 7.91. The molecule has 0 saturated carbocycles. The van der Waals surface area contributed by atoms with Crippen LogP contribution in [0.3, 0.4) is 0 Å². The molecule has 172 valence electrons. The number of halogens is 2. The van der Waals surface area contributed by atoms with Crippen molar-refractivity contribution < 1.29 is 14.3 Å². The molecule has 0 bridgehead atoms. The van der Waals surface area contributed by atoms with E-state index >= 15 is 0 Å². The van der Waals surface area contributed by atoms with Gasteiger partial charge >= 0.3 is 6.09 Å². The third-order valence-corrected chi connectivity index (χ3v) is 5.96. The fraction of sp³-hybridized carbons (Fsp3) is 0.545. The molecule has 1 aliphatic rings. The van der Waals surface area contributed by atoms with Crippen LogP contribution in [0.4, 0.5) is 4.79 Å². The van der Waals surface area contributed by atoms with Crippen molar-refractivity contribution in [2.24, 2.45) is 0 Å². The summed E-state index contributed by atoms with van der Waals surface area (Å²) in [4.78, 5) is 27.1. The van der Waals surface area contributed by atoms with Gasteiger partial charge in [-0.1, -0.05) is 29.8 Å². The van der Waals surface area contributed by atoms with E-state index in [0.717, 1.165) is 36.8 Å². The van der Waals surface area contributed by atoms with E-state index < -0.39 is 6.09 Å². The number of hydrogen-bond donors (Lipinski definition) is 2. The van der Waals surface area contributed by atoms with Crippen LogP contribution in [0.15, 0.2) is 24.3 Å². The summed E-state index contributed by atoms with van der Waals surface area (Å²) >= 11 is 6.76. The molecule has 31 heavy (non-hydrogen) atoms. The lowest BCUT2D eigenvalue weighted by atomic mass is 10.0. The van der Waals surface area contributed by atoms with Crippen molar-refractivity contribution in [1.82, 2.24) is 20.1 Å². The number of nitrogens with one attached hydrogen (secondary N) is 2. The van der Waals surface area contributed by atoms with Gasteiger partial charge in [0.25, 0.3) is 5.91 Å². The molecule has 3 rings (SSSR count). The summed E-state index contributed by atoms with van der Waals surface area (Å²) in [7, 11) is 1.34. The number of aromatic nitrogens is 1. The van der Waals surface area contributed by atoms with Gasteiger partial charge < -0.3 is 24.8 Å². The molecule has 0 aliphatic carbocycles. The minimum atomic E-state index is -0.461. The van der Waals surface area contributed by atoms with Crippen LogP contribution in [0.1, 0.15) is 43.6 Å². The number of piperidine rings is 1. The Kier molecular flexibility index (Phi) is 9.47. The molecule has 0 spiro atoms. The molecular formula is C22H32Cl2N4O3. The zero-order valence-corrected chi connectivity index (χ0v) is 19.9. The average Bonchev–Trinajstić information content (AvgIpc) is 3.03. The number of aryl methyl sites for hydroxylation is 1. The molecule has 2 aromatic rings. The van der Waals surface area contributed by atoms with Crippen molar-refractivity contribution in [3.05, 3.63) is 35.0 Å². The maximum atomic E-state index is 13.8. The van der Waals surface area contributed by atoms with E-state index in [1.165, 1.54) is 7.11 Å². The summed E-state index contributed by atoms with van der Waals surface area (Å²) in [6.07, 6.45) is 2.23. The number of methoxy groups -OCH3 is 1. The molecule has 2 heterocycles. The van der Waals surface area contributed by atoms with E-state index in [9.17, 15) is 9.59 Å². The Labute approximate surface area is 194 Å². The number of para-hydroxylation sites is 1. The number of rotatable bonds is 7. The van der Waals surface area contributed by atoms with Gasteiger partial charge in [-0.2, -0.15) is 0 Å². The first-order valence-electron chi connectivity index (χ1n) is 10.6. The Morgan fingerprint density at radius 1 is 1.35 bits per heavy atom. The zero-order valence-electron chi connectivity index (χ0n) is 18.3. The van der Waals surface area contributed by atoms with Gasteiger partial charge in [-0.15, -0.1) is 12.4 Å². The first-order valence-corrected chi connectivity index (χ1v) is 11.0. The van der Waals surface area contributed by atoms with Crippen LogP contribution in [-0.4, -0.2) is 60.3 Å². The average molecular weight is 471 g/mol. The Morgan fingerprint density at radius 2 is 2.10 bits per heavy atom. The number of alkyl carbamates (subject to hydrolysis) is 1. The van der Waals surface area contributed by atoms with E-state index in [1.54, 1.807) is 0 Å². The first-order chi connectivity index (χ1) is 14.5. The van der Waals surface area contributed by atoms with Crippen molar-refractivity contribution in [3.63, 3.8) is 0 Å². The number of amides is 2. The molecule has 2 amide bonds. The highest BCUT2D eigenvalue weighted by Crippen LogP contribution is 2.33. The van der Waals surface area contributed by atoms with Crippen molar-refractivity contribution in [3.8, 4) is 0 Å². The third-order valence-electron chi connectivity index (χ3n) is 5.58. The molecule has 1 aromatic carbocycles. The topological polar surface area (TPSA) is 75.6 Å². The highest BCUT2D eigenvalue weighted by Gasteiger charge is 2.32. The number of fused-ring (bicyclic) bond motifs is 1. The lowest BCUT2D eigenvalue weighted by Crippen LogP contribution is -2.52. The molecule has 0 radical (unpaired) electrons. The number of carbonyl (C=O) groups excluding carboxylic acids is 2. The molecule has 1 aliphatic heterocycles. The number of benzene rings is 1. The normalized spacial score (nSPS) is 16.1. The van der Waals surface area contributed by atoms with Gasteiger partial charge in [0, 0.05) is 37.1 Å². The number of hydrogen-bond acceptors (Lipinski definition) is 4. The molecule has 7 nitrogen and oxygen atoms in total. The molecule has 0 unspecified atom stereocenters. The van der Waals surface area contributed by atoms with E-state index in [2.05, 4.69) is 15.4 Å². The van der Waals surface area contributed by atoms with Gasteiger partial charge in [-0.05, 0) is 45.7 Å². The van der Waals surface area contributed by atoms with Gasteiger partial charge in [-0.3, -0.25) is 4.79 Å². The highest BCUT2D eigenvalue weighted by molar-refractivity contribution is 6.38. The van der Waals surface area contributed by atoms with Crippen LogP contribution in [0.5, 0.6) is 0 Å². The zero-order chi connectivity index (χ0) is 21.7. The predicted octanol–water partition coefficient (Wildman–Crippen LogP) is 4.07. The fourth-order valence-corrected chi connectivity index (χ4v) is 4.56. The van der Waals surface area contributed by atoms with E-state index in [0.29, 0.717) is 30.2 Å². The Bertz CT molecular complexity index is 894. The van der Waals surface area contributed by atoms with E-state index in [-0.39, 0.29) is 30.4 Å². The van der Waals surface area contributed by atoms with Crippen LogP contribution in [0, 0.1) is 0 Å². The molecule has 1 atom stereocenters. The predicted molar refractivity (Wildman–Crippen MR) is 126 cm³/mol. The van der Waals surface area contributed by atoms with E-state index in [1.807, 2.05) is 47.6 Å². The highest BCUT2D eigenvalue weighted by atomic mass is 35.5. The lowest BCUT2D eigenvalue weighted by molar-refractivity contribution is 0.0562. The lowest BCUT2D eigenvalue weighted by Gasteiger charge is -2.38. The third kappa shape index (κ3) is 5.64. The van der Waals surface area contributed by atoms with Crippen LogP contribution in [0.25, 0.3) is 10.9 Å². The van der Waals surface area contributed by atoms with Crippen LogP contribution < -0.4 is 10.6 Å². The van der Waals surface area contributed by atoms with Crippen LogP contribution >= 0.6 is 24.0 Å². The minimum Gasteiger partial charge on any atom is -0.453 e. The Morgan fingerprint density at radius 3 is 2.74 bits per heavy atom. The number of ether oxygens (including phenoxy) is 1. The summed E-state index contributed by atoms with van der Waals surface area (Å²) in [5.74, 6) is -0.0409. The molecule has 1 saturated heterocycles.